The first-order valence-electron chi connectivity index (χ1n) is 8.14. The Kier molecular flexibility index (Phi) is 5.36. The summed E-state index contributed by atoms with van der Waals surface area (Å²) in [5.41, 5.74) is 0.822. The van der Waals surface area contributed by atoms with Crippen molar-refractivity contribution >= 4 is 26.0 Å². The van der Waals surface area contributed by atoms with Crippen LogP contribution in [0.15, 0.2) is 40.2 Å². The zero-order valence-corrected chi connectivity index (χ0v) is 15.9. The maximum Gasteiger partial charge on any atom is 0.241 e. The topological polar surface area (TPSA) is 76.9 Å². The van der Waals surface area contributed by atoms with Crippen LogP contribution in [0.25, 0.3) is 0 Å². The Hall–Kier alpha value is -1.25. The summed E-state index contributed by atoms with van der Waals surface area (Å²) in [6, 6.07) is 5.50. The lowest BCUT2D eigenvalue weighted by Crippen LogP contribution is -2.39. The summed E-state index contributed by atoms with van der Waals surface area (Å²) in [6.45, 7) is 1.96. The first-order chi connectivity index (χ1) is 11.5. The number of rotatable bonds is 5. The average Bonchev–Trinajstić information content (AvgIpc) is 3.08. The summed E-state index contributed by atoms with van der Waals surface area (Å²) in [4.78, 5) is 0.375. The predicted octanol–water partition coefficient (Wildman–Crippen LogP) is 3.07. The first-order valence-corrected chi connectivity index (χ1v) is 10.4. The number of halogens is 1. The Bertz CT molecular complexity index is 792. The summed E-state index contributed by atoms with van der Waals surface area (Å²) in [6.07, 6.45) is 7.69. The highest BCUT2D eigenvalue weighted by Gasteiger charge is 2.28. The lowest BCUT2D eigenvalue weighted by molar-refractivity contribution is 0.305. The highest BCUT2D eigenvalue weighted by atomic mass is 79.9. The second-order valence-electron chi connectivity index (χ2n) is 6.15. The van der Waals surface area contributed by atoms with Crippen molar-refractivity contribution in [2.24, 2.45) is 0 Å². The van der Waals surface area contributed by atoms with Crippen LogP contribution in [0.1, 0.15) is 44.2 Å². The number of aryl methyl sites for hydroxylation is 1. The second kappa shape index (κ2) is 7.33. The van der Waals surface area contributed by atoms with E-state index in [2.05, 4.69) is 30.8 Å². The predicted molar refractivity (Wildman–Crippen MR) is 95.2 cm³/mol. The van der Waals surface area contributed by atoms with Crippen LogP contribution >= 0.6 is 15.9 Å². The Balaban J connectivity index is 1.77. The minimum atomic E-state index is -3.52. The fourth-order valence-corrected chi connectivity index (χ4v) is 5.29. The van der Waals surface area contributed by atoms with Crippen LogP contribution in [0.4, 0.5) is 0 Å². The Morgan fingerprint density at radius 2 is 2.04 bits per heavy atom. The minimum Gasteiger partial charge on any atom is -0.317 e. The molecule has 0 radical (unpaired) electrons. The number of sulfonamides is 1. The monoisotopic (exact) mass is 412 g/mol. The van der Waals surface area contributed by atoms with E-state index >= 15 is 0 Å². The molecular weight excluding hydrogens is 392 g/mol. The molecule has 130 valence electrons. The normalized spacial score (nSPS) is 21.8. The molecule has 1 heterocycles. The molecule has 0 amide bonds. The van der Waals surface area contributed by atoms with E-state index in [0.717, 1.165) is 35.7 Å². The van der Waals surface area contributed by atoms with Crippen LogP contribution in [0, 0.1) is 0 Å². The molecule has 0 bridgehead atoms. The third-order valence-corrected chi connectivity index (χ3v) is 6.63. The standard InChI is InChI=1S/C16H21BrN4O2S/c1-2-12-8-13(17)6-7-16(12)24(22,23)20-14-4-3-5-15(9-14)21-10-18-19-11-21/h6-8,10-11,14-15,20H,2-5,9H2,1H3/t14-,15+/m0/s1. The lowest BCUT2D eigenvalue weighted by Gasteiger charge is -2.30. The smallest absolute Gasteiger partial charge is 0.241 e. The van der Waals surface area contributed by atoms with E-state index in [1.165, 1.54) is 0 Å². The molecule has 3 rings (SSSR count). The largest absolute Gasteiger partial charge is 0.317 e. The number of hydrogen-bond acceptors (Lipinski definition) is 4. The van der Waals surface area contributed by atoms with Crippen molar-refractivity contribution in [3.8, 4) is 0 Å². The molecule has 1 aromatic heterocycles. The molecule has 1 saturated carbocycles. The molecule has 1 aliphatic carbocycles. The molecule has 24 heavy (non-hydrogen) atoms. The quantitative estimate of drug-likeness (QED) is 0.818. The van der Waals surface area contributed by atoms with Gasteiger partial charge in [-0.05, 0) is 55.9 Å². The van der Waals surface area contributed by atoms with Gasteiger partial charge in [0.15, 0.2) is 0 Å². The van der Waals surface area contributed by atoms with Gasteiger partial charge in [0.2, 0.25) is 10.0 Å². The fraction of sp³-hybridized carbons (Fsp3) is 0.500. The van der Waals surface area contributed by atoms with Crippen molar-refractivity contribution in [3.63, 3.8) is 0 Å². The third kappa shape index (κ3) is 3.87. The molecule has 0 aliphatic heterocycles. The number of benzene rings is 1. The van der Waals surface area contributed by atoms with Crippen molar-refractivity contribution in [1.29, 1.82) is 0 Å². The van der Waals surface area contributed by atoms with Gasteiger partial charge in [-0.1, -0.05) is 22.9 Å². The first kappa shape index (κ1) is 17.6. The van der Waals surface area contributed by atoms with Crippen LogP contribution in [-0.4, -0.2) is 29.2 Å². The highest BCUT2D eigenvalue weighted by molar-refractivity contribution is 9.10. The van der Waals surface area contributed by atoms with Gasteiger partial charge in [-0.2, -0.15) is 0 Å². The van der Waals surface area contributed by atoms with Crippen LogP contribution in [0.5, 0.6) is 0 Å². The Morgan fingerprint density at radius 1 is 1.29 bits per heavy atom. The zero-order valence-electron chi connectivity index (χ0n) is 13.5. The summed E-state index contributed by atoms with van der Waals surface area (Å²) in [7, 11) is -3.52. The van der Waals surface area contributed by atoms with E-state index in [9.17, 15) is 8.42 Å². The number of nitrogens with one attached hydrogen (secondary N) is 1. The van der Waals surface area contributed by atoms with E-state index in [1.807, 2.05) is 17.6 Å². The van der Waals surface area contributed by atoms with E-state index < -0.39 is 10.0 Å². The summed E-state index contributed by atoms with van der Waals surface area (Å²) < 4.78 is 31.4. The molecule has 2 aromatic rings. The van der Waals surface area contributed by atoms with Crippen molar-refractivity contribution in [3.05, 3.63) is 40.9 Å². The SMILES string of the molecule is CCc1cc(Br)ccc1S(=O)(=O)N[C@H]1CCC[C@@H](n2cnnc2)C1. The van der Waals surface area contributed by atoms with Crippen molar-refractivity contribution in [1.82, 2.24) is 19.5 Å². The zero-order chi connectivity index (χ0) is 17.2. The molecule has 2 atom stereocenters. The van der Waals surface area contributed by atoms with Crippen LogP contribution in [0.3, 0.4) is 0 Å². The van der Waals surface area contributed by atoms with Crippen molar-refractivity contribution in [2.45, 2.75) is 56.0 Å². The van der Waals surface area contributed by atoms with Crippen LogP contribution in [-0.2, 0) is 16.4 Å². The van der Waals surface area contributed by atoms with Gasteiger partial charge in [-0.25, -0.2) is 13.1 Å². The van der Waals surface area contributed by atoms with E-state index in [4.69, 9.17) is 0 Å². The summed E-state index contributed by atoms with van der Waals surface area (Å²) in [5, 5.41) is 7.69. The van der Waals surface area contributed by atoms with Gasteiger partial charge in [0.25, 0.3) is 0 Å². The van der Waals surface area contributed by atoms with Gasteiger partial charge in [-0.15, -0.1) is 10.2 Å². The highest BCUT2D eigenvalue weighted by Crippen LogP contribution is 2.29. The summed E-state index contributed by atoms with van der Waals surface area (Å²) >= 11 is 3.40. The van der Waals surface area contributed by atoms with Gasteiger partial charge < -0.3 is 4.57 Å². The van der Waals surface area contributed by atoms with Gasteiger partial charge in [0.05, 0.1) is 4.90 Å². The molecule has 0 saturated heterocycles. The number of aromatic nitrogens is 3. The van der Waals surface area contributed by atoms with Gasteiger partial charge in [-0.3, -0.25) is 0 Å². The lowest BCUT2D eigenvalue weighted by atomic mass is 9.91. The maximum absolute atomic E-state index is 12.8. The van der Waals surface area contributed by atoms with Crippen molar-refractivity contribution < 1.29 is 8.42 Å². The van der Waals surface area contributed by atoms with E-state index in [-0.39, 0.29) is 12.1 Å². The molecule has 1 fully saturated rings. The number of hydrogen-bond donors (Lipinski definition) is 1. The molecular formula is C16H21BrN4O2S. The molecule has 0 unspecified atom stereocenters. The Morgan fingerprint density at radius 3 is 2.75 bits per heavy atom. The van der Waals surface area contributed by atoms with Crippen molar-refractivity contribution in [2.75, 3.05) is 0 Å². The molecule has 1 aliphatic rings. The van der Waals surface area contributed by atoms with Crippen LogP contribution < -0.4 is 4.72 Å². The van der Waals surface area contributed by atoms with Gasteiger partial charge in [0.1, 0.15) is 12.7 Å². The second-order valence-corrected chi connectivity index (χ2v) is 8.75. The van der Waals surface area contributed by atoms with E-state index in [1.54, 1.807) is 24.8 Å². The maximum atomic E-state index is 12.8. The van der Waals surface area contributed by atoms with Gasteiger partial charge in [0, 0.05) is 16.6 Å². The molecule has 8 heteroatoms. The van der Waals surface area contributed by atoms with Crippen LogP contribution in [0.2, 0.25) is 0 Å². The average molecular weight is 413 g/mol. The summed E-state index contributed by atoms with van der Waals surface area (Å²) in [5.74, 6) is 0. The fourth-order valence-electron chi connectivity index (χ4n) is 3.31. The molecule has 1 N–H and O–H groups in total. The van der Waals surface area contributed by atoms with Gasteiger partial charge >= 0.3 is 0 Å². The third-order valence-electron chi connectivity index (χ3n) is 4.52. The minimum absolute atomic E-state index is 0.0653. The number of nitrogens with zero attached hydrogens (tertiary/aromatic N) is 3. The molecule has 1 aromatic carbocycles. The molecule has 6 nitrogen and oxygen atoms in total. The van der Waals surface area contributed by atoms with E-state index in [0.29, 0.717) is 11.3 Å². The Labute approximate surface area is 150 Å². The molecule has 0 spiro atoms.